The summed E-state index contributed by atoms with van der Waals surface area (Å²) in [6.45, 7) is 2.73. The lowest BCUT2D eigenvalue weighted by atomic mass is 10.1. The van der Waals surface area contributed by atoms with Gasteiger partial charge >= 0.3 is 0 Å². The zero-order valence-electron chi connectivity index (χ0n) is 13.4. The van der Waals surface area contributed by atoms with E-state index in [9.17, 15) is 4.79 Å². The topological polar surface area (TPSA) is 66.6 Å². The number of carbonyl (C=O) groups is 1. The van der Waals surface area contributed by atoms with Gasteiger partial charge in [0.25, 0.3) is 5.91 Å². The van der Waals surface area contributed by atoms with Crippen molar-refractivity contribution in [2.45, 2.75) is 38.6 Å². The number of carbonyl (C=O) groups excluding carboxylic acids is 1. The van der Waals surface area contributed by atoms with Crippen LogP contribution in [0.2, 0.25) is 0 Å². The molecule has 1 amide bonds. The van der Waals surface area contributed by atoms with Crippen molar-refractivity contribution >= 4 is 5.91 Å². The smallest absolute Gasteiger partial charge is 0.255 e. The van der Waals surface area contributed by atoms with Crippen LogP contribution in [0.3, 0.4) is 0 Å². The number of hydrogen-bond donors (Lipinski definition) is 1. The molecule has 0 aromatic carbocycles. The van der Waals surface area contributed by atoms with E-state index < -0.39 is 0 Å². The molecule has 1 aliphatic rings. The van der Waals surface area contributed by atoms with Crippen molar-refractivity contribution in [1.82, 2.24) is 9.88 Å². The molecule has 2 heterocycles. The standard InChI is InChI=1S/C18H22N2O3/c1-13-15(8-9-16(19-13)17-5-4-12-23-17)18(22)20(14-6-7-14)10-2-3-11-21/h4-5,8-9,12,14,21H,2-3,6-7,10-11H2,1H3. The predicted molar refractivity (Wildman–Crippen MR) is 87.1 cm³/mol. The van der Waals surface area contributed by atoms with E-state index in [2.05, 4.69) is 4.98 Å². The third kappa shape index (κ3) is 3.62. The van der Waals surface area contributed by atoms with E-state index >= 15 is 0 Å². The fourth-order valence-corrected chi connectivity index (χ4v) is 2.73. The first-order chi connectivity index (χ1) is 11.2. The molecule has 0 atom stereocenters. The molecule has 1 aliphatic carbocycles. The molecule has 0 unspecified atom stereocenters. The lowest BCUT2D eigenvalue weighted by Crippen LogP contribution is -2.34. The van der Waals surface area contributed by atoms with E-state index in [-0.39, 0.29) is 12.5 Å². The Morgan fingerprint density at radius 1 is 1.35 bits per heavy atom. The number of pyridine rings is 1. The SMILES string of the molecule is Cc1nc(-c2ccco2)ccc1C(=O)N(CCCCO)C1CC1. The minimum atomic E-state index is 0.0430. The van der Waals surface area contributed by atoms with Crippen molar-refractivity contribution in [2.24, 2.45) is 0 Å². The zero-order valence-corrected chi connectivity index (χ0v) is 13.4. The maximum absolute atomic E-state index is 12.8. The Labute approximate surface area is 135 Å². The maximum Gasteiger partial charge on any atom is 0.255 e. The normalized spacial score (nSPS) is 14.0. The van der Waals surface area contributed by atoms with Crippen molar-refractivity contribution in [2.75, 3.05) is 13.2 Å². The lowest BCUT2D eigenvalue weighted by Gasteiger charge is -2.23. The van der Waals surface area contributed by atoms with Crippen molar-refractivity contribution < 1.29 is 14.3 Å². The van der Waals surface area contributed by atoms with Crippen LogP contribution in [0.5, 0.6) is 0 Å². The molecule has 0 bridgehead atoms. The highest BCUT2D eigenvalue weighted by Gasteiger charge is 2.33. The van der Waals surface area contributed by atoms with Crippen LogP contribution in [0.1, 0.15) is 41.7 Å². The number of nitrogens with zero attached hydrogens (tertiary/aromatic N) is 2. The van der Waals surface area contributed by atoms with Crippen LogP contribution in [-0.2, 0) is 0 Å². The number of rotatable bonds is 7. The zero-order chi connectivity index (χ0) is 16.2. The van der Waals surface area contributed by atoms with Gasteiger partial charge in [-0.05, 0) is 56.9 Å². The molecule has 0 aliphatic heterocycles. The second kappa shape index (κ2) is 6.96. The fraction of sp³-hybridized carbons (Fsp3) is 0.444. The molecule has 0 radical (unpaired) electrons. The average Bonchev–Trinajstić information content (AvgIpc) is 3.23. The first kappa shape index (κ1) is 15.7. The van der Waals surface area contributed by atoms with Crippen LogP contribution < -0.4 is 0 Å². The summed E-state index contributed by atoms with van der Waals surface area (Å²) in [5, 5.41) is 8.93. The van der Waals surface area contributed by atoms with Gasteiger partial charge in [-0.15, -0.1) is 0 Å². The van der Waals surface area contributed by atoms with Gasteiger partial charge in [0, 0.05) is 19.2 Å². The quantitative estimate of drug-likeness (QED) is 0.798. The van der Waals surface area contributed by atoms with Gasteiger partial charge in [-0.2, -0.15) is 0 Å². The molecule has 1 fully saturated rings. The number of hydrogen-bond acceptors (Lipinski definition) is 4. The minimum absolute atomic E-state index is 0.0430. The lowest BCUT2D eigenvalue weighted by molar-refractivity contribution is 0.0735. The Morgan fingerprint density at radius 3 is 2.78 bits per heavy atom. The van der Waals surface area contributed by atoms with Crippen LogP contribution >= 0.6 is 0 Å². The van der Waals surface area contributed by atoms with Gasteiger partial charge in [-0.3, -0.25) is 4.79 Å². The van der Waals surface area contributed by atoms with Gasteiger partial charge in [0.2, 0.25) is 0 Å². The number of furan rings is 1. The average molecular weight is 314 g/mol. The highest BCUT2D eigenvalue weighted by Crippen LogP contribution is 2.29. The Kier molecular flexibility index (Phi) is 4.76. The summed E-state index contributed by atoms with van der Waals surface area (Å²) in [5.74, 6) is 0.746. The van der Waals surface area contributed by atoms with E-state index in [0.29, 0.717) is 23.9 Å². The molecule has 1 saturated carbocycles. The summed E-state index contributed by atoms with van der Waals surface area (Å²) >= 11 is 0. The van der Waals surface area contributed by atoms with Crippen molar-refractivity contribution in [3.63, 3.8) is 0 Å². The second-order valence-corrected chi connectivity index (χ2v) is 5.97. The summed E-state index contributed by atoms with van der Waals surface area (Å²) in [5.41, 5.74) is 2.11. The first-order valence-electron chi connectivity index (χ1n) is 8.14. The summed E-state index contributed by atoms with van der Waals surface area (Å²) < 4.78 is 5.35. The van der Waals surface area contributed by atoms with E-state index in [0.717, 1.165) is 37.1 Å². The van der Waals surface area contributed by atoms with Crippen LogP contribution in [0, 0.1) is 6.92 Å². The van der Waals surface area contributed by atoms with Crippen molar-refractivity contribution in [1.29, 1.82) is 0 Å². The summed E-state index contributed by atoms with van der Waals surface area (Å²) in [7, 11) is 0. The molecule has 5 nitrogen and oxygen atoms in total. The third-order valence-corrected chi connectivity index (χ3v) is 4.15. The van der Waals surface area contributed by atoms with E-state index in [1.807, 2.05) is 36.1 Å². The Hall–Kier alpha value is -2.14. The molecule has 0 saturated heterocycles. The molecule has 5 heteroatoms. The van der Waals surface area contributed by atoms with Crippen LogP contribution in [-0.4, -0.2) is 40.1 Å². The predicted octanol–water partition coefficient (Wildman–Crippen LogP) is 3.03. The fourth-order valence-electron chi connectivity index (χ4n) is 2.73. The summed E-state index contributed by atoms with van der Waals surface area (Å²) in [6, 6.07) is 7.70. The van der Waals surface area contributed by atoms with E-state index in [4.69, 9.17) is 9.52 Å². The number of aromatic nitrogens is 1. The molecule has 2 aromatic rings. The number of aliphatic hydroxyl groups is 1. The van der Waals surface area contributed by atoms with Gasteiger partial charge in [-0.1, -0.05) is 0 Å². The summed E-state index contributed by atoms with van der Waals surface area (Å²) in [6.07, 6.45) is 5.31. The monoisotopic (exact) mass is 314 g/mol. The van der Waals surface area contributed by atoms with E-state index in [1.165, 1.54) is 0 Å². The molecular formula is C18H22N2O3. The highest BCUT2D eigenvalue weighted by molar-refractivity contribution is 5.95. The molecule has 2 aromatic heterocycles. The summed E-state index contributed by atoms with van der Waals surface area (Å²) in [4.78, 5) is 19.3. The number of aliphatic hydroxyl groups excluding tert-OH is 1. The highest BCUT2D eigenvalue weighted by atomic mass is 16.3. The van der Waals surface area contributed by atoms with Crippen molar-refractivity contribution in [3.8, 4) is 11.5 Å². The molecule has 23 heavy (non-hydrogen) atoms. The Morgan fingerprint density at radius 2 is 2.17 bits per heavy atom. The van der Waals surface area contributed by atoms with Gasteiger partial charge in [-0.25, -0.2) is 4.98 Å². The number of aryl methyl sites for hydroxylation is 1. The number of amides is 1. The van der Waals surface area contributed by atoms with Crippen LogP contribution in [0.4, 0.5) is 0 Å². The largest absolute Gasteiger partial charge is 0.463 e. The Balaban J connectivity index is 1.77. The van der Waals surface area contributed by atoms with E-state index in [1.54, 1.807) is 6.26 Å². The molecule has 122 valence electrons. The minimum Gasteiger partial charge on any atom is -0.463 e. The number of unbranched alkanes of at least 4 members (excludes halogenated alkanes) is 1. The first-order valence-corrected chi connectivity index (χ1v) is 8.14. The van der Waals surface area contributed by atoms with Crippen molar-refractivity contribution in [3.05, 3.63) is 41.8 Å². The van der Waals surface area contributed by atoms with Crippen LogP contribution in [0.25, 0.3) is 11.5 Å². The molecule has 1 N–H and O–H groups in total. The maximum atomic E-state index is 12.8. The van der Waals surface area contributed by atoms with Crippen LogP contribution in [0.15, 0.2) is 34.9 Å². The third-order valence-electron chi connectivity index (χ3n) is 4.15. The van der Waals surface area contributed by atoms with Gasteiger partial charge < -0.3 is 14.4 Å². The molecule has 3 rings (SSSR count). The molecule has 0 spiro atoms. The van der Waals surface area contributed by atoms with Gasteiger partial charge in [0.1, 0.15) is 5.69 Å². The second-order valence-electron chi connectivity index (χ2n) is 5.97. The Bertz CT molecular complexity index is 663. The van der Waals surface area contributed by atoms with Gasteiger partial charge in [0.15, 0.2) is 5.76 Å². The molecular weight excluding hydrogens is 292 g/mol. The van der Waals surface area contributed by atoms with Gasteiger partial charge in [0.05, 0.1) is 17.5 Å².